The Hall–Kier alpha value is -2.75. The molecule has 0 aliphatic carbocycles. The van der Waals surface area contributed by atoms with Gasteiger partial charge in [0.1, 0.15) is 0 Å². The standard InChI is InChI=1S/C21H25N3O5S/c1-30(27,28)24(15-17-7-3-2-4-8-17)16-20(25)22-19-10-6-5-9-18(19)21(26)23-11-13-29-14-12-23/h2-10H,11-16H2,1H3,(H,22,25). The monoisotopic (exact) mass is 431 g/mol. The molecule has 160 valence electrons. The SMILES string of the molecule is CS(=O)(=O)N(CC(=O)Nc1ccccc1C(=O)N1CCOCC1)Cc1ccccc1. The molecule has 3 rings (SSSR count). The molecule has 0 spiro atoms. The number of hydrogen-bond acceptors (Lipinski definition) is 5. The zero-order valence-corrected chi connectivity index (χ0v) is 17.6. The van der Waals surface area contributed by atoms with Crippen molar-refractivity contribution in [1.82, 2.24) is 9.21 Å². The normalized spacial score (nSPS) is 14.5. The highest BCUT2D eigenvalue weighted by Gasteiger charge is 2.24. The fourth-order valence-electron chi connectivity index (χ4n) is 3.14. The van der Waals surface area contributed by atoms with Gasteiger partial charge < -0.3 is 15.0 Å². The van der Waals surface area contributed by atoms with E-state index in [0.29, 0.717) is 37.6 Å². The van der Waals surface area contributed by atoms with Crippen LogP contribution in [0.2, 0.25) is 0 Å². The maximum Gasteiger partial charge on any atom is 0.256 e. The van der Waals surface area contributed by atoms with Crippen molar-refractivity contribution in [2.24, 2.45) is 0 Å². The first-order valence-electron chi connectivity index (χ1n) is 9.59. The van der Waals surface area contributed by atoms with Crippen LogP contribution in [-0.4, -0.2) is 68.5 Å². The van der Waals surface area contributed by atoms with Crippen molar-refractivity contribution in [3.8, 4) is 0 Å². The number of carbonyl (C=O) groups is 2. The topological polar surface area (TPSA) is 96.0 Å². The van der Waals surface area contributed by atoms with Crippen molar-refractivity contribution in [2.45, 2.75) is 6.54 Å². The first-order valence-corrected chi connectivity index (χ1v) is 11.4. The number of carbonyl (C=O) groups excluding carboxylic acids is 2. The van der Waals surface area contributed by atoms with Gasteiger partial charge in [0.05, 0.1) is 37.3 Å². The van der Waals surface area contributed by atoms with Gasteiger partial charge in [-0.2, -0.15) is 4.31 Å². The molecule has 0 unspecified atom stereocenters. The molecule has 2 aromatic rings. The Bertz CT molecular complexity index is 989. The second kappa shape index (κ2) is 9.84. The Labute approximate surface area is 176 Å². The highest BCUT2D eigenvalue weighted by Crippen LogP contribution is 2.18. The first-order chi connectivity index (χ1) is 14.3. The van der Waals surface area contributed by atoms with Gasteiger partial charge in [-0.15, -0.1) is 0 Å². The van der Waals surface area contributed by atoms with E-state index in [9.17, 15) is 18.0 Å². The maximum atomic E-state index is 12.8. The summed E-state index contributed by atoms with van der Waals surface area (Å²) in [6.45, 7) is 1.65. The summed E-state index contributed by atoms with van der Waals surface area (Å²) in [4.78, 5) is 27.2. The molecule has 0 saturated carbocycles. The molecular formula is C21H25N3O5S. The van der Waals surface area contributed by atoms with Crippen LogP contribution in [0.5, 0.6) is 0 Å². The minimum Gasteiger partial charge on any atom is -0.378 e. The lowest BCUT2D eigenvalue weighted by Gasteiger charge is -2.27. The molecule has 1 fully saturated rings. The minimum absolute atomic E-state index is 0.0848. The van der Waals surface area contributed by atoms with Crippen molar-refractivity contribution in [1.29, 1.82) is 0 Å². The molecule has 30 heavy (non-hydrogen) atoms. The summed E-state index contributed by atoms with van der Waals surface area (Å²) in [5.41, 5.74) is 1.49. The highest BCUT2D eigenvalue weighted by atomic mass is 32.2. The average Bonchev–Trinajstić information content (AvgIpc) is 2.74. The van der Waals surface area contributed by atoms with Crippen molar-refractivity contribution in [3.05, 3.63) is 65.7 Å². The number of benzene rings is 2. The van der Waals surface area contributed by atoms with Gasteiger partial charge in [0.2, 0.25) is 15.9 Å². The van der Waals surface area contributed by atoms with Gasteiger partial charge in [-0.05, 0) is 17.7 Å². The lowest BCUT2D eigenvalue weighted by Crippen LogP contribution is -2.41. The summed E-state index contributed by atoms with van der Waals surface area (Å²) < 4.78 is 30.7. The number of sulfonamides is 1. The van der Waals surface area contributed by atoms with E-state index in [1.807, 2.05) is 18.2 Å². The van der Waals surface area contributed by atoms with Crippen LogP contribution in [0, 0.1) is 0 Å². The molecule has 0 bridgehead atoms. The molecule has 1 heterocycles. The van der Waals surface area contributed by atoms with Crippen LogP contribution in [0.4, 0.5) is 5.69 Å². The van der Waals surface area contributed by atoms with Crippen molar-refractivity contribution < 1.29 is 22.7 Å². The highest BCUT2D eigenvalue weighted by molar-refractivity contribution is 7.88. The first kappa shape index (κ1) is 21.9. The molecule has 0 aromatic heterocycles. The minimum atomic E-state index is -3.61. The van der Waals surface area contributed by atoms with Crippen molar-refractivity contribution in [3.63, 3.8) is 0 Å². The second-order valence-electron chi connectivity index (χ2n) is 7.01. The lowest BCUT2D eigenvalue weighted by atomic mass is 10.1. The molecule has 0 atom stereocenters. The molecule has 1 saturated heterocycles. The van der Waals surface area contributed by atoms with Crippen LogP contribution in [-0.2, 0) is 26.1 Å². The number of amides is 2. The van der Waals surface area contributed by atoms with Crippen LogP contribution in [0.15, 0.2) is 54.6 Å². The summed E-state index contributed by atoms with van der Waals surface area (Å²) >= 11 is 0. The summed E-state index contributed by atoms with van der Waals surface area (Å²) in [7, 11) is -3.61. The van der Waals surface area contributed by atoms with Crippen LogP contribution in [0.1, 0.15) is 15.9 Å². The summed E-state index contributed by atoms with van der Waals surface area (Å²) in [6.07, 6.45) is 1.07. The zero-order valence-electron chi connectivity index (χ0n) is 16.8. The largest absolute Gasteiger partial charge is 0.378 e. The number of para-hydroxylation sites is 1. The Balaban J connectivity index is 1.72. The smallest absolute Gasteiger partial charge is 0.256 e. The Morgan fingerprint density at radius 2 is 1.67 bits per heavy atom. The van der Waals surface area contributed by atoms with E-state index in [-0.39, 0.29) is 19.0 Å². The molecule has 2 aromatic carbocycles. The van der Waals surface area contributed by atoms with Crippen LogP contribution < -0.4 is 5.32 Å². The van der Waals surface area contributed by atoms with E-state index in [1.165, 1.54) is 0 Å². The number of ether oxygens (including phenoxy) is 1. The summed E-state index contributed by atoms with van der Waals surface area (Å²) in [6, 6.07) is 15.8. The third kappa shape index (κ3) is 5.88. The third-order valence-electron chi connectivity index (χ3n) is 4.72. The fourth-order valence-corrected chi connectivity index (χ4v) is 3.88. The lowest BCUT2D eigenvalue weighted by molar-refractivity contribution is -0.116. The summed E-state index contributed by atoms with van der Waals surface area (Å²) in [5, 5.41) is 2.70. The number of nitrogens with zero attached hydrogens (tertiary/aromatic N) is 2. The second-order valence-corrected chi connectivity index (χ2v) is 9.00. The molecular weight excluding hydrogens is 406 g/mol. The Morgan fingerprint density at radius 1 is 1.03 bits per heavy atom. The van der Waals surface area contributed by atoms with Gasteiger partial charge in [-0.3, -0.25) is 9.59 Å². The molecule has 0 radical (unpaired) electrons. The number of nitrogens with one attached hydrogen (secondary N) is 1. The van der Waals surface area contributed by atoms with Crippen LogP contribution in [0.25, 0.3) is 0 Å². The Kier molecular flexibility index (Phi) is 7.20. The number of anilines is 1. The number of morpholine rings is 1. The predicted molar refractivity (Wildman–Crippen MR) is 113 cm³/mol. The van der Waals surface area contributed by atoms with Gasteiger partial charge >= 0.3 is 0 Å². The molecule has 1 aliphatic heterocycles. The third-order valence-corrected chi connectivity index (χ3v) is 5.92. The van der Waals surface area contributed by atoms with Gasteiger partial charge in [0, 0.05) is 19.6 Å². The van der Waals surface area contributed by atoms with E-state index in [2.05, 4.69) is 5.32 Å². The van der Waals surface area contributed by atoms with Gasteiger partial charge in [0.25, 0.3) is 5.91 Å². The molecule has 9 heteroatoms. The molecule has 1 N–H and O–H groups in total. The van der Waals surface area contributed by atoms with Gasteiger partial charge in [-0.1, -0.05) is 42.5 Å². The van der Waals surface area contributed by atoms with E-state index in [1.54, 1.807) is 41.3 Å². The van der Waals surface area contributed by atoms with E-state index in [4.69, 9.17) is 4.74 Å². The Morgan fingerprint density at radius 3 is 2.33 bits per heavy atom. The van der Waals surface area contributed by atoms with Crippen molar-refractivity contribution >= 4 is 27.5 Å². The molecule has 2 amide bonds. The molecule has 8 nitrogen and oxygen atoms in total. The fraction of sp³-hybridized carbons (Fsp3) is 0.333. The maximum absolute atomic E-state index is 12.8. The van der Waals surface area contributed by atoms with E-state index in [0.717, 1.165) is 16.1 Å². The zero-order chi connectivity index (χ0) is 21.6. The number of hydrogen-bond donors (Lipinski definition) is 1. The average molecular weight is 432 g/mol. The summed E-state index contributed by atoms with van der Waals surface area (Å²) in [5.74, 6) is -0.711. The van der Waals surface area contributed by atoms with Crippen LogP contribution in [0.3, 0.4) is 0 Å². The quantitative estimate of drug-likeness (QED) is 0.718. The van der Waals surface area contributed by atoms with Gasteiger partial charge in [-0.25, -0.2) is 8.42 Å². The van der Waals surface area contributed by atoms with Gasteiger partial charge in [0.15, 0.2) is 0 Å². The predicted octanol–water partition coefficient (Wildman–Crippen LogP) is 1.56. The van der Waals surface area contributed by atoms with E-state index >= 15 is 0 Å². The van der Waals surface area contributed by atoms with Crippen LogP contribution >= 0.6 is 0 Å². The van der Waals surface area contributed by atoms with Crippen molar-refractivity contribution in [2.75, 3.05) is 44.4 Å². The molecule has 1 aliphatic rings. The number of rotatable bonds is 7. The van der Waals surface area contributed by atoms with E-state index < -0.39 is 15.9 Å².